The van der Waals surface area contributed by atoms with Gasteiger partial charge in [-0.1, -0.05) is 48.5 Å². The van der Waals surface area contributed by atoms with Crippen LogP contribution >= 0.6 is 0 Å². The Kier molecular flexibility index (Phi) is 6.98. The van der Waals surface area contributed by atoms with Crippen molar-refractivity contribution in [1.29, 1.82) is 0 Å². The zero-order chi connectivity index (χ0) is 22.2. The number of nitrogens with zero attached hydrogens (tertiary/aromatic N) is 1. The maximum Gasteiger partial charge on any atom is 0.251 e. The number of carbonyl (C=O) groups excluding carboxylic acids is 1. The summed E-state index contributed by atoms with van der Waals surface area (Å²) in [5.74, 6) is 1.95. The highest BCUT2D eigenvalue weighted by atomic mass is 16.5. The van der Waals surface area contributed by atoms with Gasteiger partial charge < -0.3 is 14.5 Å². The highest BCUT2D eigenvalue weighted by Gasteiger charge is 2.13. The van der Waals surface area contributed by atoms with Crippen molar-refractivity contribution in [2.75, 3.05) is 6.54 Å². The van der Waals surface area contributed by atoms with Crippen molar-refractivity contribution in [3.8, 4) is 17.2 Å². The van der Waals surface area contributed by atoms with Crippen LogP contribution in [0.1, 0.15) is 33.8 Å². The molecule has 0 radical (unpaired) electrons. The third-order valence-corrected chi connectivity index (χ3v) is 5.18. The van der Waals surface area contributed by atoms with E-state index in [0.29, 0.717) is 24.6 Å². The van der Waals surface area contributed by atoms with E-state index in [2.05, 4.69) is 22.4 Å². The molecular formula is C27H26N2O3. The molecule has 0 saturated carbocycles. The van der Waals surface area contributed by atoms with Gasteiger partial charge >= 0.3 is 0 Å². The van der Waals surface area contributed by atoms with Crippen molar-refractivity contribution >= 4 is 5.91 Å². The van der Waals surface area contributed by atoms with Crippen LogP contribution in [0.2, 0.25) is 0 Å². The van der Waals surface area contributed by atoms with E-state index in [1.807, 2.05) is 67.6 Å². The number of hydrogen-bond acceptors (Lipinski definition) is 4. The molecule has 32 heavy (non-hydrogen) atoms. The van der Waals surface area contributed by atoms with Crippen LogP contribution in [-0.4, -0.2) is 17.4 Å². The summed E-state index contributed by atoms with van der Waals surface area (Å²) in [5.41, 5.74) is 3.47. The Morgan fingerprint density at radius 3 is 2.34 bits per heavy atom. The first-order valence-electron chi connectivity index (χ1n) is 10.8. The summed E-state index contributed by atoms with van der Waals surface area (Å²) >= 11 is 0. The molecule has 0 aliphatic carbocycles. The maximum absolute atomic E-state index is 12.4. The molecule has 4 rings (SSSR count). The first-order valence-corrected chi connectivity index (χ1v) is 10.8. The number of para-hydroxylation sites is 1. The molecule has 0 fully saturated rings. The summed E-state index contributed by atoms with van der Waals surface area (Å²) < 4.78 is 11.6. The zero-order valence-corrected chi connectivity index (χ0v) is 18.1. The van der Waals surface area contributed by atoms with Gasteiger partial charge in [0.15, 0.2) is 0 Å². The molecule has 5 heteroatoms. The van der Waals surface area contributed by atoms with Crippen molar-refractivity contribution in [2.24, 2.45) is 0 Å². The second-order valence-corrected chi connectivity index (χ2v) is 7.55. The van der Waals surface area contributed by atoms with Crippen molar-refractivity contribution in [3.05, 3.63) is 108 Å². The molecule has 0 unspecified atom stereocenters. The SMILES string of the molecule is Cc1oc(-c2ccc(C(=O)NCCCc3ccccc3)cc2)nc1COc1ccccc1. The van der Waals surface area contributed by atoms with Crippen molar-refractivity contribution in [2.45, 2.75) is 26.4 Å². The number of aromatic nitrogens is 1. The summed E-state index contributed by atoms with van der Waals surface area (Å²) in [7, 11) is 0. The Morgan fingerprint density at radius 1 is 0.938 bits per heavy atom. The lowest BCUT2D eigenvalue weighted by Gasteiger charge is -2.06. The first-order chi connectivity index (χ1) is 15.7. The standard InChI is InChI=1S/C27H26N2O3/c1-20-25(19-31-24-12-6-3-7-13-24)29-27(32-20)23-16-14-22(15-17-23)26(30)28-18-8-11-21-9-4-2-5-10-21/h2-7,9-10,12-17H,8,11,18-19H2,1H3,(H,28,30). The molecular weight excluding hydrogens is 400 g/mol. The van der Waals surface area contributed by atoms with E-state index in [4.69, 9.17) is 9.15 Å². The van der Waals surface area contributed by atoms with E-state index in [9.17, 15) is 4.79 Å². The summed E-state index contributed by atoms with van der Waals surface area (Å²) in [6.45, 7) is 2.85. The summed E-state index contributed by atoms with van der Waals surface area (Å²) in [6, 6.07) is 27.2. The number of carbonyl (C=O) groups is 1. The van der Waals surface area contributed by atoms with Crippen molar-refractivity contribution in [1.82, 2.24) is 10.3 Å². The van der Waals surface area contributed by atoms with E-state index in [1.54, 1.807) is 12.1 Å². The Morgan fingerprint density at radius 2 is 1.62 bits per heavy atom. The Balaban J connectivity index is 1.30. The van der Waals surface area contributed by atoms with E-state index >= 15 is 0 Å². The third kappa shape index (κ3) is 5.64. The molecule has 1 aromatic heterocycles. The van der Waals surface area contributed by atoms with Gasteiger partial charge in [-0.05, 0) is 61.7 Å². The number of hydrogen-bond donors (Lipinski definition) is 1. The minimum atomic E-state index is -0.0786. The van der Waals surface area contributed by atoms with Gasteiger partial charge in [0, 0.05) is 17.7 Å². The van der Waals surface area contributed by atoms with Gasteiger partial charge in [-0.3, -0.25) is 4.79 Å². The van der Waals surface area contributed by atoms with Gasteiger partial charge in [0.2, 0.25) is 5.89 Å². The van der Waals surface area contributed by atoms with Gasteiger partial charge in [-0.15, -0.1) is 0 Å². The zero-order valence-electron chi connectivity index (χ0n) is 18.1. The number of ether oxygens (including phenoxy) is 1. The topological polar surface area (TPSA) is 64.4 Å². The summed E-state index contributed by atoms with van der Waals surface area (Å²) in [4.78, 5) is 17.0. The quantitative estimate of drug-likeness (QED) is 0.354. The smallest absolute Gasteiger partial charge is 0.251 e. The average Bonchev–Trinajstić information content (AvgIpc) is 3.22. The molecule has 4 aromatic rings. The number of amides is 1. The Hall–Kier alpha value is -3.86. The maximum atomic E-state index is 12.4. The van der Waals surface area contributed by atoms with Crippen LogP contribution in [0.4, 0.5) is 0 Å². The second kappa shape index (κ2) is 10.4. The molecule has 162 valence electrons. The lowest BCUT2D eigenvalue weighted by Crippen LogP contribution is -2.24. The molecule has 0 bridgehead atoms. The summed E-state index contributed by atoms with van der Waals surface area (Å²) in [5, 5.41) is 2.98. The minimum absolute atomic E-state index is 0.0786. The van der Waals surface area contributed by atoms with E-state index in [1.165, 1.54) is 5.56 Å². The largest absolute Gasteiger partial charge is 0.487 e. The predicted molar refractivity (Wildman–Crippen MR) is 125 cm³/mol. The monoisotopic (exact) mass is 426 g/mol. The van der Waals surface area contributed by atoms with Gasteiger partial charge in [0.1, 0.15) is 23.8 Å². The van der Waals surface area contributed by atoms with E-state index in [0.717, 1.165) is 35.6 Å². The fraction of sp³-hybridized carbons (Fsp3) is 0.185. The molecule has 1 amide bonds. The van der Waals surface area contributed by atoms with E-state index < -0.39 is 0 Å². The average molecular weight is 427 g/mol. The van der Waals surface area contributed by atoms with E-state index in [-0.39, 0.29) is 5.91 Å². The molecule has 0 saturated heterocycles. The van der Waals surface area contributed by atoms with Crippen LogP contribution in [0.25, 0.3) is 11.5 Å². The molecule has 3 aromatic carbocycles. The Labute approximate surface area is 188 Å². The number of oxazole rings is 1. The van der Waals surface area contributed by atoms with Crippen molar-refractivity contribution < 1.29 is 13.9 Å². The molecule has 1 N–H and O–H groups in total. The van der Waals surface area contributed by atoms with Crippen LogP contribution in [0.5, 0.6) is 5.75 Å². The van der Waals surface area contributed by atoms with Crippen LogP contribution < -0.4 is 10.1 Å². The minimum Gasteiger partial charge on any atom is -0.487 e. The summed E-state index contributed by atoms with van der Waals surface area (Å²) in [6.07, 6.45) is 1.84. The highest BCUT2D eigenvalue weighted by molar-refractivity contribution is 5.94. The highest BCUT2D eigenvalue weighted by Crippen LogP contribution is 2.23. The fourth-order valence-electron chi connectivity index (χ4n) is 3.36. The lowest BCUT2D eigenvalue weighted by atomic mass is 10.1. The van der Waals surface area contributed by atoms with Gasteiger partial charge in [0.25, 0.3) is 5.91 Å². The van der Waals surface area contributed by atoms with Crippen LogP contribution in [0.3, 0.4) is 0 Å². The third-order valence-electron chi connectivity index (χ3n) is 5.18. The van der Waals surface area contributed by atoms with Gasteiger partial charge in [0.05, 0.1) is 0 Å². The fourth-order valence-corrected chi connectivity index (χ4v) is 3.36. The van der Waals surface area contributed by atoms with Crippen molar-refractivity contribution in [3.63, 3.8) is 0 Å². The molecule has 0 aliphatic rings. The molecule has 0 atom stereocenters. The lowest BCUT2D eigenvalue weighted by molar-refractivity contribution is 0.0953. The second-order valence-electron chi connectivity index (χ2n) is 7.55. The van der Waals surface area contributed by atoms with Gasteiger partial charge in [-0.2, -0.15) is 0 Å². The normalized spacial score (nSPS) is 10.7. The van der Waals surface area contributed by atoms with Crippen LogP contribution in [0.15, 0.2) is 89.3 Å². The number of aryl methyl sites for hydroxylation is 2. The number of benzene rings is 3. The molecule has 1 heterocycles. The predicted octanol–water partition coefficient (Wildman–Crippen LogP) is 5.59. The molecule has 5 nitrogen and oxygen atoms in total. The van der Waals surface area contributed by atoms with Crippen LogP contribution in [0, 0.1) is 6.92 Å². The molecule has 0 aliphatic heterocycles. The van der Waals surface area contributed by atoms with Crippen LogP contribution in [-0.2, 0) is 13.0 Å². The molecule has 0 spiro atoms. The Bertz CT molecular complexity index is 1140. The number of nitrogens with one attached hydrogen (secondary N) is 1. The first kappa shape index (κ1) is 21.4. The van der Waals surface area contributed by atoms with Gasteiger partial charge in [-0.25, -0.2) is 4.98 Å². The number of rotatable bonds is 9.